The van der Waals surface area contributed by atoms with Gasteiger partial charge in [-0.2, -0.15) is 0 Å². The van der Waals surface area contributed by atoms with E-state index in [4.69, 9.17) is 4.74 Å². The molecule has 0 aliphatic heterocycles. The van der Waals surface area contributed by atoms with Gasteiger partial charge in [0.1, 0.15) is 0 Å². The number of sulfonamides is 1. The molecule has 0 fully saturated rings. The van der Waals surface area contributed by atoms with E-state index in [9.17, 15) is 13.5 Å². The van der Waals surface area contributed by atoms with Gasteiger partial charge >= 0.3 is 0 Å². The number of ether oxygens (including phenoxy) is 1. The van der Waals surface area contributed by atoms with Crippen LogP contribution in [0.4, 0.5) is 5.69 Å². The molecule has 0 aromatic heterocycles. The summed E-state index contributed by atoms with van der Waals surface area (Å²) in [6.45, 7) is 0.591. The Morgan fingerprint density at radius 1 is 1.32 bits per heavy atom. The van der Waals surface area contributed by atoms with E-state index in [0.29, 0.717) is 6.54 Å². The number of nitrogens with one attached hydrogen (secondary N) is 1. The Bertz CT molecular complexity index is 485. The predicted octanol–water partition coefficient (Wildman–Crippen LogP) is 0.356. The Balaban J connectivity index is 2.67. The summed E-state index contributed by atoms with van der Waals surface area (Å²) in [5.74, 6) is 0. The molecule has 0 amide bonds. The van der Waals surface area contributed by atoms with Gasteiger partial charge in [-0.15, -0.1) is 0 Å². The summed E-state index contributed by atoms with van der Waals surface area (Å²) in [6, 6.07) is 6.38. The van der Waals surface area contributed by atoms with Crippen LogP contribution in [-0.2, 0) is 14.8 Å². The average molecular weight is 288 g/mol. The van der Waals surface area contributed by atoms with Gasteiger partial charge in [0.15, 0.2) is 0 Å². The maximum Gasteiger partial charge on any atom is 0.242 e. The van der Waals surface area contributed by atoms with Crippen LogP contribution in [0.5, 0.6) is 0 Å². The molecule has 0 heterocycles. The van der Waals surface area contributed by atoms with Crippen LogP contribution in [0.1, 0.15) is 0 Å². The van der Waals surface area contributed by atoms with Crippen LogP contribution in [0.25, 0.3) is 0 Å². The molecule has 7 heteroatoms. The van der Waals surface area contributed by atoms with Crippen LogP contribution < -0.4 is 5.32 Å². The largest absolute Gasteiger partial charge is 0.389 e. The van der Waals surface area contributed by atoms with Crippen molar-refractivity contribution in [1.82, 2.24) is 4.31 Å². The first-order chi connectivity index (χ1) is 8.87. The average Bonchev–Trinajstić information content (AvgIpc) is 2.37. The van der Waals surface area contributed by atoms with Crippen LogP contribution >= 0.6 is 0 Å². The fraction of sp³-hybridized carbons (Fsp3) is 0.500. The first-order valence-corrected chi connectivity index (χ1v) is 7.25. The summed E-state index contributed by atoms with van der Waals surface area (Å²) in [7, 11) is 1.10. The molecular formula is C12H20N2O4S. The summed E-state index contributed by atoms with van der Waals surface area (Å²) in [5.41, 5.74) is 0.743. The summed E-state index contributed by atoms with van der Waals surface area (Å²) in [6.07, 6.45) is -0.602. The minimum absolute atomic E-state index is 0.237. The van der Waals surface area contributed by atoms with Gasteiger partial charge in [-0.1, -0.05) is 0 Å². The smallest absolute Gasteiger partial charge is 0.242 e. The van der Waals surface area contributed by atoms with E-state index in [-0.39, 0.29) is 11.5 Å². The molecule has 0 saturated heterocycles. The van der Waals surface area contributed by atoms with Gasteiger partial charge in [0.25, 0.3) is 0 Å². The fourth-order valence-corrected chi connectivity index (χ4v) is 2.34. The van der Waals surface area contributed by atoms with E-state index in [1.807, 2.05) is 0 Å². The van der Waals surface area contributed by atoms with E-state index in [1.165, 1.54) is 33.3 Å². The molecule has 0 aliphatic carbocycles. The lowest BCUT2D eigenvalue weighted by Crippen LogP contribution is -2.24. The van der Waals surface area contributed by atoms with E-state index in [1.54, 1.807) is 12.1 Å². The summed E-state index contributed by atoms with van der Waals surface area (Å²) in [4.78, 5) is 0.237. The lowest BCUT2D eigenvalue weighted by atomic mass is 10.3. The molecule has 1 atom stereocenters. The van der Waals surface area contributed by atoms with E-state index in [2.05, 4.69) is 5.32 Å². The topological polar surface area (TPSA) is 78.9 Å². The predicted molar refractivity (Wildman–Crippen MR) is 73.7 cm³/mol. The van der Waals surface area contributed by atoms with E-state index >= 15 is 0 Å². The number of aliphatic hydroxyl groups is 1. The van der Waals surface area contributed by atoms with Crippen molar-refractivity contribution in [2.24, 2.45) is 0 Å². The molecule has 2 N–H and O–H groups in total. The highest BCUT2D eigenvalue weighted by atomic mass is 32.2. The second-order valence-corrected chi connectivity index (χ2v) is 6.45. The van der Waals surface area contributed by atoms with Crippen LogP contribution in [0.3, 0.4) is 0 Å². The Morgan fingerprint density at radius 3 is 2.37 bits per heavy atom. The Morgan fingerprint density at radius 2 is 1.89 bits per heavy atom. The molecule has 0 saturated carbocycles. The molecule has 1 unspecified atom stereocenters. The number of methoxy groups -OCH3 is 1. The van der Waals surface area contributed by atoms with Crippen molar-refractivity contribution < 1.29 is 18.3 Å². The van der Waals surface area contributed by atoms with Gasteiger partial charge in [0.05, 0.1) is 17.6 Å². The second kappa shape index (κ2) is 6.85. The van der Waals surface area contributed by atoms with Crippen molar-refractivity contribution in [3.63, 3.8) is 0 Å². The van der Waals surface area contributed by atoms with Crippen molar-refractivity contribution in [1.29, 1.82) is 0 Å². The third-order valence-corrected chi connectivity index (χ3v) is 4.36. The number of nitrogens with zero attached hydrogens (tertiary/aromatic N) is 1. The van der Waals surface area contributed by atoms with Crippen molar-refractivity contribution in [3.8, 4) is 0 Å². The number of aliphatic hydroxyl groups excluding tert-OH is 1. The van der Waals surface area contributed by atoms with Gasteiger partial charge in [-0.25, -0.2) is 12.7 Å². The Labute approximate surface area is 114 Å². The van der Waals surface area contributed by atoms with E-state index in [0.717, 1.165) is 9.99 Å². The maximum absolute atomic E-state index is 11.8. The van der Waals surface area contributed by atoms with Crippen molar-refractivity contribution >= 4 is 15.7 Å². The minimum atomic E-state index is -3.40. The highest BCUT2D eigenvalue weighted by molar-refractivity contribution is 7.89. The molecule has 1 aromatic carbocycles. The number of benzene rings is 1. The SMILES string of the molecule is COCC(O)CNc1ccc(S(=O)(=O)N(C)C)cc1. The zero-order valence-electron chi connectivity index (χ0n) is 11.3. The van der Waals surface area contributed by atoms with Gasteiger partial charge in [0, 0.05) is 33.4 Å². The first kappa shape index (κ1) is 15.9. The van der Waals surface area contributed by atoms with Gasteiger partial charge in [-0.05, 0) is 24.3 Å². The van der Waals surface area contributed by atoms with Gasteiger partial charge in [0.2, 0.25) is 10.0 Å². The molecular weight excluding hydrogens is 268 g/mol. The molecule has 0 aliphatic rings. The zero-order valence-corrected chi connectivity index (χ0v) is 12.1. The molecule has 1 aromatic rings. The van der Waals surface area contributed by atoms with Crippen molar-refractivity contribution in [2.75, 3.05) is 39.7 Å². The lowest BCUT2D eigenvalue weighted by Gasteiger charge is -2.14. The molecule has 1 rings (SSSR count). The van der Waals surface area contributed by atoms with Crippen LogP contribution in [0.15, 0.2) is 29.2 Å². The second-order valence-electron chi connectivity index (χ2n) is 4.30. The van der Waals surface area contributed by atoms with Gasteiger partial charge in [-0.3, -0.25) is 0 Å². The van der Waals surface area contributed by atoms with Crippen molar-refractivity contribution in [3.05, 3.63) is 24.3 Å². The quantitative estimate of drug-likeness (QED) is 0.757. The number of hydrogen-bond acceptors (Lipinski definition) is 5. The monoisotopic (exact) mass is 288 g/mol. The lowest BCUT2D eigenvalue weighted by molar-refractivity contribution is 0.0727. The fourth-order valence-electron chi connectivity index (χ4n) is 1.44. The third-order valence-electron chi connectivity index (χ3n) is 2.53. The first-order valence-electron chi connectivity index (χ1n) is 5.81. The summed E-state index contributed by atoms with van der Waals surface area (Å²) >= 11 is 0. The number of hydrogen-bond donors (Lipinski definition) is 2. The zero-order chi connectivity index (χ0) is 14.5. The molecule has 0 bridgehead atoms. The number of anilines is 1. The normalized spacial score (nSPS) is 13.5. The molecule has 108 valence electrons. The molecule has 6 nitrogen and oxygen atoms in total. The van der Waals surface area contributed by atoms with Crippen LogP contribution in [0.2, 0.25) is 0 Å². The Hall–Kier alpha value is -1.15. The van der Waals surface area contributed by atoms with Crippen LogP contribution in [-0.4, -0.2) is 58.3 Å². The minimum Gasteiger partial charge on any atom is -0.389 e. The highest BCUT2D eigenvalue weighted by Crippen LogP contribution is 2.16. The summed E-state index contributed by atoms with van der Waals surface area (Å²) < 4.78 is 29.7. The third kappa shape index (κ3) is 4.46. The molecule has 0 spiro atoms. The van der Waals surface area contributed by atoms with E-state index < -0.39 is 16.1 Å². The molecule has 0 radical (unpaired) electrons. The van der Waals surface area contributed by atoms with Gasteiger partial charge < -0.3 is 15.2 Å². The maximum atomic E-state index is 11.8. The number of rotatable bonds is 7. The molecule has 19 heavy (non-hydrogen) atoms. The van der Waals surface area contributed by atoms with Crippen molar-refractivity contribution in [2.45, 2.75) is 11.0 Å². The summed E-state index contributed by atoms with van der Waals surface area (Å²) in [5, 5.41) is 12.5. The highest BCUT2D eigenvalue weighted by Gasteiger charge is 2.16. The standard InChI is InChI=1S/C12H20N2O4S/c1-14(2)19(16,17)12-6-4-10(5-7-12)13-8-11(15)9-18-3/h4-7,11,13,15H,8-9H2,1-3H3. The van der Waals surface area contributed by atoms with Crippen LogP contribution in [0, 0.1) is 0 Å². The Kier molecular flexibility index (Phi) is 5.74.